The minimum absolute atomic E-state index is 0.443. The molecule has 1 N–H and O–H groups in total. The molecule has 104 valence electrons. The van der Waals surface area contributed by atoms with Crippen molar-refractivity contribution in [2.24, 2.45) is 0 Å². The van der Waals surface area contributed by atoms with Crippen molar-refractivity contribution in [3.05, 3.63) is 35.4 Å². The van der Waals surface area contributed by atoms with Gasteiger partial charge in [-0.2, -0.15) is 0 Å². The molecule has 1 heterocycles. The van der Waals surface area contributed by atoms with E-state index in [0.717, 1.165) is 12.5 Å². The molecule has 0 spiro atoms. The highest BCUT2D eigenvalue weighted by atomic mass is 16.5. The Kier molecular flexibility index (Phi) is 3.90. The number of benzene rings is 1. The van der Waals surface area contributed by atoms with E-state index in [9.17, 15) is 0 Å². The van der Waals surface area contributed by atoms with E-state index in [1.54, 1.807) is 0 Å². The van der Waals surface area contributed by atoms with E-state index < -0.39 is 0 Å². The van der Waals surface area contributed by atoms with Crippen LogP contribution in [-0.2, 0) is 4.74 Å². The third kappa shape index (κ3) is 3.01. The number of hydrogen-bond donors (Lipinski definition) is 1. The second-order valence-electron chi connectivity index (χ2n) is 6.28. The van der Waals surface area contributed by atoms with Crippen LogP contribution in [0.2, 0.25) is 0 Å². The fourth-order valence-electron chi connectivity index (χ4n) is 3.34. The summed E-state index contributed by atoms with van der Waals surface area (Å²) in [5.74, 6) is 0.759. The summed E-state index contributed by atoms with van der Waals surface area (Å²) in [7, 11) is 0. The van der Waals surface area contributed by atoms with Crippen LogP contribution >= 0.6 is 0 Å². The highest BCUT2D eigenvalue weighted by Crippen LogP contribution is 2.37. The molecule has 1 aromatic rings. The van der Waals surface area contributed by atoms with Gasteiger partial charge in [-0.15, -0.1) is 0 Å². The molecule has 0 radical (unpaired) electrons. The lowest BCUT2D eigenvalue weighted by atomic mass is 9.75. The minimum atomic E-state index is 0.443. The Morgan fingerprint density at radius 3 is 2.58 bits per heavy atom. The molecule has 0 amide bonds. The molecule has 19 heavy (non-hydrogen) atoms. The number of rotatable bonds is 4. The Morgan fingerprint density at radius 1 is 1.21 bits per heavy atom. The van der Waals surface area contributed by atoms with E-state index in [4.69, 9.17) is 4.74 Å². The zero-order chi connectivity index (χ0) is 13.2. The van der Waals surface area contributed by atoms with Crippen LogP contribution in [0.4, 0.5) is 0 Å². The molecule has 1 aromatic carbocycles. The van der Waals surface area contributed by atoms with E-state index in [1.807, 2.05) is 0 Å². The quantitative estimate of drug-likeness (QED) is 0.895. The first-order valence-corrected chi connectivity index (χ1v) is 7.66. The SMILES string of the molecule is Cc1ccc(C2CC(NC(C)C3CCCO3)C2)cc1. The molecule has 1 aliphatic heterocycles. The van der Waals surface area contributed by atoms with Gasteiger partial charge in [0.15, 0.2) is 0 Å². The average Bonchev–Trinajstić information content (AvgIpc) is 2.88. The summed E-state index contributed by atoms with van der Waals surface area (Å²) >= 11 is 0. The average molecular weight is 259 g/mol. The first-order valence-electron chi connectivity index (χ1n) is 7.66. The van der Waals surface area contributed by atoms with Crippen LogP contribution in [0.15, 0.2) is 24.3 Å². The van der Waals surface area contributed by atoms with Crippen molar-refractivity contribution in [1.29, 1.82) is 0 Å². The van der Waals surface area contributed by atoms with Gasteiger partial charge in [-0.1, -0.05) is 29.8 Å². The zero-order valence-electron chi connectivity index (χ0n) is 12.1. The molecular formula is C17H25NO. The Morgan fingerprint density at radius 2 is 1.95 bits per heavy atom. The number of ether oxygens (including phenoxy) is 1. The number of aryl methyl sites for hydroxylation is 1. The molecule has 2 aliphatic rings. The van der Waals surface area contributed by atoms with Crippen molar-refractivity contribution in [2.75, 3.05) is 6.61 Å². The van der Waals surface area contributed by atoms with Crippen LogP contribution in [0.3, 0.4) is 0 Å². The van der Waals surface area contributed by atoms with Crippen molar-refractivity contribution in [2.45, 2.75) is 63.6 Å². The molecule has 0 aromatic heterocycles. The van der Waals surface area contributed by atoms with Crippen molar-refractivity contribution in [1.82, 2.24) is 5.32 Å². The maximum absolute atomic E-state index is 5.75. The van der Waals surface area contributed by atoms with E-state index in [0.29, 0.717) is 18.2 Å². The molecular weight excluding hydrogens is 234 g/mol. The third-order valence-electron chi connectivity index (χ3n) is 4.71. The molecule has 0 bridgehead atoms. The van der Waals surface area contributed by atoms with Gasteiger partial charge >= 0.3 is 0 Å². The summed E-state index contributed by atoms with van der Waals surface area (Å²) in [5, 5.41) is 3.74. The highest BCUT2D eigenvalue weighted by Gasteiger charge is 2.33. The van der Waals surface area contributed by atoms with Crippen LogP contribution in [0.25, 0.3) is 0 Å². The molecule has 3 rings (SSSR count). The maximum atomic E-state index is 5.75. The second-order valence-corrected chi connectivity index (χ2v) is 6.28. The molecule has 2 nitrogen and oxygen atoms in total. The smallest absolute Gasteiger partial charge is 0.0726 e. The lowest BCUT2D eigenvalue weighted by Crippen LogP contribution is -2.48. The van der Waals surface area contributed by atoms with Gasteiger partial charge in [0.1, 0.15) is 0 Å². The number of hydrogen-bond acceptors (Lipinski definition) is 2. The van der Waals surface area contributed by atoms with Crippen molar-refractivity contribution in [3.63, 3.8) is 0 Å². The van der Waals surface area contributed by atoms with Crippen LogP contribution in [0.1, 0.15) is 49.7 Å². The second kappa shape index (κ2) is 5.64. The molecule has 1 saturated heterocycles. The number of nitrogens with one attached hydrogen (secondary N) is 1. The van der Waals surface area contributed by atoms with Gasteiger partial charge in [0.2, 0.25) is 0 Å². The molecule has 2 fully saturated rings. The highest BCUT2D eigenvalue weighted by molar-refractivity contribution is 5.26. The van der Waals surface area contributed by atoms with Gasteiger partial charge in [-0.25, -0.2) is 0 Å². The third-order valence-corrected chi connectivity index (χ3v) is 4.71. The van der Waals surface area contributed by atoms with Crippen LogP contribution in [0, 0.1) is 6.92 Å². The molecule has 2 atom stereocenters. The van der Waals surface area contributed by atoms with Gasteiger partial charge in [-0.05, 0) is 51.0 Å². The summed E-state index contributed by atoms with van der Waals surface area (Å²) in [5.41, 5.74) is 2.86. The first-order chi connectivity index (χ1) is 9.22. The van der Waals surface area contributed by atoms with Crippen LogP contribution < -0.4 is 5.32 Å². The summed E-state index contributed by atoms with van der Waals surface area (Å²) < 4.78 is 5.75. The lowest BCUT2D eigenvalue weighted by Gasteiger charge is -2.39. The monoisotopic (exact) mass is 259 g/mol. The zero-order valence-corrected chi connectivity index (χ0v) is 12.1. The molecule has 1 aliphatic carbocycles. The largest absolute Gasteiger partial charge is 0.377 e. The van der Waals surface area contributed by atoms with E-state index in [1.165, 1.54) is 36.8 Å². The van der Waals surface area contributed by atoms with Crippen LogP contribution in [-0.4, -0.2) is 24.8 Å². The molecule has 2 unspecified atom stereocenters. The summed E-state index contributed by atoms with van der Waals surface area (Å²) in [4.78, 5) is 0. The maximum Gasteiger partial charge on any atom is 0.0726 e. The molecule has 2 heteroatoms. The molecule has 1 saturated carbocycles. The van der Waals surface area contributed by atoms with Gasteiger partial charge in [0, 0.05) is 18.7 Å². The van der Waals surface area contributed by atoms with Gasteiger partial charge in [-0.3, -0.25) is 0 Å². The van der Waals surface area contributed by atoms with Gasteiger partial charge in [0.25, 0.3) is 0 Å². The van der Waals surface area contributed by atoms with E-state index >= 15 is 0 Å². The Labute approximate surface area is 116 Å². The predicted molar refractivity (Wildman–Crippen MR) is 78.5 cm³/mol. The summed E-state index contributed by atoms with van der Waals surface area (Å²) in [6, 6.07) is 10.2. The summed E-state index contributed by atoms with van der Waals surface area (Å²) in [6.07, 6.45) is 5.45. The first kappa shape index (κ1) is 13.1. The standard InChI is InChI=1S/C17H25NO/c1-12-5-7-14(8-6-12)15-10-16(11-15)18-13(2)17-4-3-9-19-17/h5-8,13,15-18H,3-4,9-11H2,1-2H3. The normalized spacial score (nSPS) is 32.0. The Hall–Kier alpha value is -0.860. The van der Waals surface area contributed by atoms with Crippen molar-refractivity contribution >= 4 is 0 Å². The lowest BCUT2D eigenvalue weighted by molar-refractivity contribution is 0.0731. The Bertz CT molecular complexity index is 402. The van der Waals surface area contributed by atoms with Crippen LogP contribution in [0.5, 0.6) is 0 Å². The van der Waals surface area contributed by atoms with Gasteiger partial charge < -0.3 is 10.1 Å². The fraction of sp³-hybridized carbons (Fsp3) is 0.647. The van der Waals surface area contributed by atoms with E-state index in [2.05, 4.69) is 43.4 Å². The predicted octanol–water partition coefficient (Wildman–Crippen LogP) is 3.40. The summed E-state index contributed by atoms with van der Waals surface area (Å²) in [6.45, 7) is 5.38. The van der Waals surface area contributed by atoms with Crippen molar-refractivity contribution in [3.8, 4) is 0 Å². The fourth-order valence-corrected chi connectivity index (χ4v) is 3.34. The van der Waals surface area contributed by atoms with Gasteiger partial charge in [0.05, 0.1) is 6.10 Å². The van der Waals surface area contributed by atoms with E-state index in [-0.39, 0.29) is 0 Å². The minimum Gasteiger partial charge on any atom is -0.377 e. The Balaban J connectivity index is 1.46. The van der Waals surface area contributed by atoms with Crippen molar-refractivity contribution < 1.29 is 4.74 Å². The topological polar surface area (TPSA) is 21.3 Å².